The summed E-state index contributed by atoms with van der Waals surface area (Å²) >= 11 is 0. The van der Waals surface area contributed by atoms with E-state index in [-0.39, 0.29) is 24.0 Å². The van der Waals surface area contributed by atoms with Gasteiger partial charge in [-0.1, -0.05) is 0 Å². The molecule has 1 saturated carbocycles. The Morgan fingerprint density at radius 2 is 2.23 bits per heavy atom. The highest BCUT2D eigenvalue weighted by Gasteiger charge is 2.54. The number of carbonyl (C=O) groups excluding carboxylic acids is 1. The molecule has 0 bridgehead atoms. The molecule has 2 N–H and O–H groups in total. The number of amides is 1. The van der Waals surface area contributed by atoms with Crippen molar-refractivity contribution in [3.05, 3.63) is 57.9 Å². The number of aromatic nitrogens is 1. The number of rotatable bonds is 3. The average molecular weight is 411 g/mol. The molecule has 2 aliphatic heterocycles. The third kappa shape index (κ3) is 2.83. The van der Waals surface area contributed by atoms with Crippen LogP contribution < -0.4 is 16.0 Å². The summed E-state index contributed by atoms with van der Waals surface area (Å²) in [6, 6.07) is 5.78. The quantitative estimate of drug-likeness (QED) is 0.776. The van der Waals surface area contributed by atoms with Crippen molar-refractivity contribution in [2.45, 2.75) is 18.9 Å². The van der Waals surface area contributed by atoms with Crippen LogP contribution in [0, 0.1) is 28.4 Å². The van der Waals surface area contributed by atoms with Gasteiger partial charge in [0.05, 0.1) is 22.4 Å². The van der Waals surface area contributed by atoms with Gasteiger partial charge in [0.1, 0.15) is 18.0 Å². The van der Waals surface area contributed by atoms with Gasteiger partial charge in [0, 0.05) is 39.1 Å². The second-order valence-electron chi connectivity index (χ2n) is 8.27. The van der Waals surface area contributed by atoms with Gasteiger partial charge >= 0.3 is 0 Å². The number of aromatic amines is 1. The number of hydrogen-bond donors (Lipinski definition) is 2. The molecule has 1 aromatic carbocycles. The van der Waals surface area contributed by atoms with E-state index in [1.807, 2.05) is 17.2 Å². The predicted octanol–water partition coefficient (Wildman–Crippen LogP) is 0.647. The van der Waals surface area contributed by atoms with Crippen LogP contribution in [0.1, 0.15) is 30.1 Å². The summed E-state index contributed by atoms with van der Waals surface area (Å²) in [5.74, 6) is -2.10. The zero-order chi connectivity index (χ0) is 21.8. The Kier molecular flexibility index (Phi) is 3.81. The van der Waals surface area contributed by atoms with Crippen molar-refractivity contribution in [2.24, 2.45) is 10.4 Å². The molecule has 0 radical (unpaired) electrons. The van der Waals surface area contributed by atoms with Crippen molar-refractivity contribution in [1.82, 2.24) is 20.1 Å². The Morgan fingerprint density at radius 1 is 1.43 bits per heavy atom. The lowest BCUT2D eigenvalue weighted by Crippen LogP contribution is -2.67. The number of halogens is 2. The molecule has 0 atom stereocenters. The number of likely N-dealkylation sites (tertiary alicyclic amines) is 1. The fourth-order valence-corrected chi connectivity index (χ4v) is 4.67. The molecule has 1 amide bonds. The van der Waals surface area contributed by atoms with Gasteiger partial charge in [0.2, 0.25) is 0 Å². The van der Waals surface area contributed by atoms with E-state index in [1.165, 1.54) is 4.90 Å². The minimum Gasteiger partial charge on any atom is -0.368 e. The zero-order valence-electron chi connectivity index (χ0n) is 17.1. The highest BCUT2D eigenvalue weighted by Crippen LogP contribution is 2.49. The summed E-state index contributed by atoms with van der Waals surface area (Å²) in [5.41, 5.74) is 0.301. The molecule has 1 saturated heterocycles. The molecule has 154 valence electrons. The molecule has 1 aliphatic carbocycles. The first-order chi connectivity index (χ1) is 14.9. The van der Waals surface area contributed by atoms with E-state index >= 15 is 0 Å². The number of nitriles is 1. The molecule has 3 heterocycles. The lowest BCUT2D eigenvalue weighted by molar-refractivity contribution is -0.0589. The molecular weight excluding hydrogens is 390 g/mol. The first-order valence-corrected chi connectivity index (χ1v) is 9.64. The second-order valence-corrected chi connectivity index (χ2v) is 8.27. The van der Waals surface area contributed by atoms with Crippen LogP contribution in [0.5, 0.6) is 0 Å². The third-order valence-electron chi connectivity index (χ3n) is 6.12. The molecule has 7 nitrogen and oxygen atoms in total. The van der Waals surface area contributed by atoms with E-state index in [1.54, 1.807) is 6.07 Å². The van der Waals surface area contributed by atoms with Gasteiger partial charge in [-0.05, 0) is 31.0 Å². The standard InChI is InChI=1S/C21H20F2N6O/c1-28-11-26-18-14(2-3-25-18)19(28)27-13-6-21(7-13)9-29(10-21)20(30)15-4-12(8-24)5-16(22)17(15)23/h2-5,13,27H,6-7,9-11H2,1H3,(H,25,26)/i1D. The SMILES string of the molecule is [2H]CN1CN=c2[nH]ccc2=C1NC1CC2(C1)CN(C(=O)c1cc(C#N)cc(F)c1F)C2. The third-order valence-corrected chi connectivity index (χ3v) is 6.12. The van der Waals surface area contributed by atoms with Crippen LogP contribution in [0.3, 0.4) is 0 Å². The summed E-state index contributed by atoms with van der Waals surface area (Å²) in [5, 5.41) is 13.4. The van der Waals surface area contributed by atoms with E-state index in [2.05, 4.69) is 15.3 Å². The fraction of sp³-hybridized carbons (Fsp3) is 0.381. The Hall–Kier alpha value is -3.41. The van der Waals surface area contributed by atoms with Crippen molar-refractivity contribution < 1.29 is 14.9 Å². The molecule has 2 fully saturated rings. The van der Waals surface area contributed by atoms with E-state index < -0.39 is 23.1 Å². The summed E-state index contributed by atoms with van der Waals surface area (Å²) in [7, 11) is 0.0977. The normalized spacial score (nSPS) is 19.9. The molecule has 2 aromatic rings. The van der Waals surface area contributed by atoms with Gasteiger partial charge in [-0.2, -0.15) is 5.26 Å². The predicted molar refractivity (Wildman–Crippen MR) is 103 cm³/mol. The molecule has 5 rings (SSSR count). The van der Waals surface area contributed by atoms with Crippen LogP contribution in [-0.4, -0.2) is 53.5 Å². The van der Waals surface area contributed by atoms with Gasteiger partial charge in [0.25, 0.3) is 5.91 Å². The Balaban J connectivity index is 1.24. The second kappa shape index (κ2) is 6.55. The zero-order valence-corrected chi connectivity index (χ0v) is 16.1. The number of benzene rings is 1. The number of nitrogens with zero attached hydrogens (tertiary/aromatic N) is 4. The van der Waals surface area contributed by atoms with Gasteiger partial charge in [-0.15, -0.1) is 0 Å². The number of fused-ring (bicyclic) bond motifs is 1. The van der Waals surface area contributed by atoms with Crippen LogP contribution in [-0.2, 0) is 0 Å². The monoisotopic (exact) mass is 411 g/mol. The van der Waals surface area contributed by atoms with Crippen LogP contribution in [0.4, 0.5) is 8.78 Å². The molecule has 30 heavy (non-hydrogen) atoms. The van der Waals surface area contributed by atoms with Crippen molar-refractivity contribution >= 4 is 11.7 Å². The number of carbonyl (C=O) groups is 1. The number of nitrogens with one attached hydrogen (secondary N) is 2. The maximum Gasteiger partial charge on any atom is 0.257 e. The minimum atomic E-state index is -1.21. The van der Waals surface area contributed by atoms with Gasteiger partial charge in [0.15, 0.2) is 11.6 Å². The largest absolute Gasteiger partial charge is 0.368 e. The average Bonchev–Trinajstić information content (AvgIpc) is 3.19. The maximum absolute atomic E-state index is 14.1. The van der Waals surface area contributed by atoms with E-state index in [9.17, 15) is 13.6 Å². The Labute approximate surface area is 172 Å². The van der Waals surface area contributed by atoms with Crippen molar-refractivity contribution in [2.75, 3.05) is 26.8 Å². The number of hydrogen-bond acceptors (Lipinski definition) is 5. The lowest BCUT2D eigenvalue weighted by Gasteiger charge is -2.59. The maximum atomic E-state index is 14.1. The lowest BCUT2D eigenvalue weighted by atomic mass is 9.60. The van der Waals surface area contributed by atoms with E-state index in [0.29, 0.717) is 19.8 Å². The summed E-state index contributed by atoms with van der Waals surface area (Å²) in [4.78, 5) is 23.5. The smallest absolute Gasteiger partial charge is 0.257 e. The minimum absolute atomic E-state index is 0.0262. The number of H-pyrrole nitrogens is 1. The fourth-order valence-electron chi connectivity index (χ4n) is 4.67. The highest BCUT2D eigenvalue weighted by atomic mass is 19.2. The Bertz CT molecular complexity index is 1220. The van der Waals surface area contributed by atoms with E-state index in [4.69, 9.17) is 6.63 Å². The molecular formula is C21H20F2N6O. The molecule has 0 unspecified atom stereocenters. The van der Waals surface area contributed by atoms with Gasteiger partial charge < -0.3 is 20.1 Å². The van der Waals surface area contributed by atoms with Gasteiger partial charge in [-0.25, -0.2) is 13.8 Å². The first-order valence-electron chi connectivity index (χ1n) is 10.3. The topological polar surface area (TPSA) is 87.5 Å². The van der Waals surface area contributed by atoms with Crippen molar-refractivity contribution in [3.63, 3.8) is 0 Å². The van der Waals surface area contributed by atoms with Crippen LogP contribution in [0.2, 0.25) is 0 Å². The van der Waals surface area contributed by atoms with Crippen molar-refractivity contribution in [3.8, 4) is 6.07 Å². The van der Waals surface area contributed by atoms with Crippen LogP contribution in [0.25, 0.3) is 5.82 Å². The molecule has 1 aromatic heterocycles. The van der Waals surface area contributed by atoms with E-state index in [0.717, 1.165) is 41.5 Å². The molecule has 9 heteroatoms. The van der Waals surface area contributed by atoms with Crippen LogP contribution in [0.15, 0.2) is 29.4 Å². The Morgan fingerprint density at radius 3 is 2.97 bits per heavy atom. The summed E-state index contributed by atoms with van der Waals surface area (Å²) in [6.45, 7) is 1.37. The van der Waals surface area contributed by atoms with Crippen LogP contribution >= 0.6 is 0 Å². The molecule has 1 spiro atoms. The highest BCUT2D eigenvalue weighted by molar-refractivity contribution is 5.95. The summed E-state index contributed by atoms with van der Waals surface area (Å²) in [6.07, 6.45) is 3.51. The molecule has 3 aliphatic rings. The first kappa shape index (κ1) is 17.4. The van der Waals surface area contributed by atoms with Crippen molar-refractivity contribution in [1.29, 1.82) is 5.26 Å². The van der Waals surface area contributed by atoms with Gasteiger partial charge in [-0.3, -0.25) is 4.79 Å². The summed E-state index contributed by atoms with van der Waals surface area (Å²) < 4.78 is 35.5.